The van der Waals surface area contributed by atoms with Crippen molar-refractivity contribution in [3.05, 3.63) is 29.8 Å². The summed E-state index contributed by atoms with van der Waals surface area (Å²) >= 11 is 0. The molecule has 0 aliphatic heterocycles. The summed E-state index contributed by atoms with van der Waals surface area (Å²) < 4.78 is 10.1. The molecular formula is C15H19NO3. The minimum Gasteiger partial charge on any atom is -0.494 e. The summed E-state index contributed by atoms with van der Waals surface area (Å²) in [4.78, 5) is 11.2. The predicted molar refractivity (Wildman–Crippen MR) is 73.7 cm³/mol. The first kappa shape index (κ1) is 15.1. The van der Waals surface area contributed by atoms with Crippen LogP contribution in [0.15, 0.2) is 24.3 Å². The van der Waals surface area contributed by atoms with Crippen molar-refractivity contribution in [1.82, 2.24) is 0 Å². The average molecular weight is 261 g/mol. The molecule has 0 amide bonds. The van der Waals surface area contributed by atoms with Crippen molar-refractivity contribution in [2.45, 2.75) is 25.3 Å². The molecule has 0 aliphatic carbocycles. The van der Waals surface area contributed by atoms with Crippen LogP contribution in [0.4, 0.5) is 0 Å². The van der Waals surface area contributed by atoms with E-state index in [1.54, 1.807) is 0 Å². The number of terminal acetylenes is 1. The predicted octanol–water partition coefficient (Wildman–Crippen LogP) is 1.52. The van der Waals surface area contributed by atoms with Crippen molar-refractivity contribution in [2.75, 3.05) is 13.7 Å². The molecule has 102 valence electrons. The number of carbonyl (C=O) groups excluding carboxylic acids is 1. The number of nitrogens with two attached hydrogens (primary N) is 1. The first-order valence-corrected chi connectivity index (χ1v) is 6.16. The lowest BCUT2D eigenvalue weighted by Crippen LogP contribution is -2.33. The highest BCUT2D eigenvalue weighted by atomic mass is 16.5. The number of methoxy groups -OCH3 is 1. The van der Waals surface area contributed by atoms with Gasteiger partial charge in [0.2, 0.25) is 0 Å². The number of rotatable bonds is 7. The minimum atomic E-state index is -0.632. The number of benzene rings is 1. The van der Waals surface area contributed by atoms with Crippen LogP contribution >= 0.6 is 0 Å². The van der Waals surface area contributed by atoms with Crippen LogP contribution in [0.25, 0.3) is 0 Å². The van der Waals surface area contributed by atoms with Gasteiger partial charge in [-0.3, -0.25) is 4.79 Å². The highest BCUT2D eigenvalue weighted by Gasteiger charge is 2.13. The molecule has 1 rings (SSSR count). The van der Waals surface area contributed by atoms with Gasteiger partial charge in [0.1, 0.15) is 11.8 Å². The Morgan fingerprint density at radius 1 is 1.42 bits per heavy atom. The smallest absolute Gasteiger partial charge is 0.322 e. The molecule has 4 nitrogen and oxygen atoms in total. The van der Waals surface area contributed by atoms with E-state index in [2.05, 4.69) is 10.7 Å². The van der Waals surface area contributed by atoms with Crippen LogP contribution in [0.2, 0.25) is 0 Å². The number of hydrogen-bond donors (Lipinski definition) is 1. The van der Waals surface area contributed by atoms with E-state index in [1.807, 2.05) is 24.3 Å². The van der Waals surface area contributed by atoms with Crippen molar-refractivity contribution in [3.8, 4) is 18.1 Å². The van der Waals surface area contributed by atoms with Crippen LogP contribution in [0.1, 0.15) is 18.4 Å². The zero-order chi connectivity index (χ0) is 14.1. The fourth-order valence-corrected chi connectivity index (χ4v) is 1.57. The SMILES string of the molecule is C#CCCCOc1ccc(CC(N)C(=O)OC)cc1. The maximum atomic E-state index is 11.2. The van der Waals surface area contributed by atoms with Gasteiger partial charge in [-0.15, -0.1) is 12.3 Å². The molecule has 0 fully saturated rings. The number of unbranched alkanes of at least 4 members (excludes halogenated alkanes) is 1. The van der Waals surface area contributed by atoms with Gasteiger partial charge in [0.25, 0.3) is 0 Å². The molecule has 19 heavy (non-hydrogen) atoms. The molecule has 1 aromatic carbocycles. The zero-order valence-corrected chi connectivity index (χ0v) is 11.1. The molecule has 1 unspecified atom stereocenters. The molecule has 0 saturated heterocycles. The molecule has 0 radical (unpaired) electrons. The third kappa shape index (κ3) is 5.45. The molecule has 1 aromatic rings. The molecule has 0 aromatic heterocycles. The Balaban J connectivity index is 2.43. The molecule has 0 bridgehead atoms. The molecule has 0 spiro atoms. The third-order valence-corrected chi connectivity index (χ3v) is 2.62. The van der Waals surface area contributed by atoms with E-state index in [-0.39, 0.29) is 0 Å². The molecule has 1 atom stereocenters. The van der Waals surface area contributed by atoms with E-state index >= 15 is 0 Å². The largest absolute Gasteiger partial charge is 0.494 e. The number of carbonyl (C=O) groups is 1. The Hall–Kier alpha value is -1.99. The van der Waals surface area contributed by atoms with Crippen molar-refractivity contribution >= 4 is 5.97 Å². The second-order valence-corrected chi connectivity index (χ2v) is 4.13. The van der Waals surface area contributed by atoms with Crippen molar-refractivity contribution in [3.63, 3.8) is 0 Å². The van der Waals surface area contributed by atoms with Gasteiger partial charge in [0, 0.05) is 6.42 Å². The third-order valence-electron chi connectivity index (χ3n) is 2.62. The zero-order valence-electron chi connectivity index (χ0n) is 11.1. The van der Waals surface area contributed by atoms with Crippen molar-refractivity contribution in [2.24, 2.45) is 5.73 Å². The Morgan fingerprint density at radius 3 is 2.68 bits per heavy atom. The van der Waals surface area contributed by atoms with Gasteiger partial charge in [-0.25, -0.2) is 0 Å². The minimum absolute atomic E-state index is 0.408. The van der Waals surface area contributed by atoms with Gasteiger partial charge >= 0.3 is 5.97 Å². The van der Waals surface area contributed by atoms with Gasteiger partial charge in [-0.1, -0.05) is 12.1 Å². The molecule has 4 heteroatoms. The highest BCUT2D eigenvalue weighted by Crippen LogP contribution is 2.13. The van der Waals surface area contributed by atoms with Crippen LogP contribution in [0.5, 0.6) is 5.75 Å². The normalized spacial score (nSPS) is 11.4. The average Bonchev–Trinajstić information content (AvgIpc) is 2.44. The Bertz CT molecular complexity index is 434. The summed E-state index contributed by atoms with van der Waals surface area (Å²) in [6.07, 6.45) is 7.16. The summed E-state index contributed by atoms with van der Waals surface area (Å²) in [6.45, 7) is 0.602. The number of hydrogen-bond acceptors (Lipinski definition) is 4. The fraction of sp³-hybridized carbons (Fsp3) is 0.400. The van der Waals surface area contributed by atoms with E-state index in [4.69, 9.17) is 16.9 Å². The lowest BCUT2D eigenvalue weighted by atomic mass is 10.1. The van der Waals surface area contributed by atoms with Crippen molar-refractivity contribution in [1.29, 1.82) is 0 Å². The Labute approximate surface area is 113 Å². The Morgan fingerprint density at radius 2 is 2.11 bits per heavy atom. The van der Waals surface area contributed by atoms with Crippen LogP contribution in [0, 0.1) is 12.3 Å². The second-order valence-electron chi connectivity index (χ2n) is 4.13. The van der Waals surface area contributed by atoms with Crippen LogP contribution in [-0.2, 0) is 16.0 Å². The molecule has 0 aliphatic rings. The number of esters is 1. The summed E-state index contributed by atoms with van der Waals surface area (Å²) in [7, 11) is 1.33. The standard InChI is InChI=1S/C15H19NO3/c1-3-4-5-10-19-13-8-6-12(7-9-13)11-14(16)15(17)18-2/h1,6-9,14H,4-5,10-11,16H2,2H3. The number of ether oxygens (including phenoxy) is 2. The lowest BCUT2D eigenvalue weighted by Gasteiger charge is -2.10. The molecule has 2 N–H and O–H groups in total. The van der Waals surface area contributed by atoms with E-state index in [9.17, 15) is 4.79 Å². The maximum Gasteiger partial charge on any atom is 0.322 e. The van der Waals surface area contributed by atoms with Gasteiger partial charge in [0.15, 0.2) is 0 Å². The van der Waals surface area contributed by atoms with Gasteiger partial charge < -0.3 is 15.2 Å². The highest BCUT2D eigenvalue weighted by molar-refractivity contribution is 5.75. The summed E-state index contributed by atoms with van der Waals surface area (Å²) in [5, 5.41) is 0. The van der Waals surface area contributed by atoms with Crippen molar-refractivity contribution < 1.29 is 14.3 Å². The van der Waals surface area contributed by atoms with Crippen LogP contribution < -0.4 is 10.5 Å². The topological polar surface area (TPSA) is 61.5 Å². The quantitative estimate of drug-likeness (QED) is 0.459. The lowest BCUT2D eigenvalue weighted by molar-refractivity contribution is -0.142. The molecule has 0 saturated carbocycles. The van der Waals surface area contributed by atoms with E-state index in [1.165, 1.54) is 7.11 Å². The van der Waals surface area contributed by atoms with E-state index in [0.29, 0.717) is 19.4 Å². The maximum absolute atomic E-state index is 11.2. The first-order valence-electron chi connectivity index (χ1n) is 6.16. The second kappa shape index (κ2) is 8.17. The van der Waals surface area contributed by atoms with Gasteiger partial charge in [-0.2, -0.15) is 0 Å². The van der Waals surface area contributed by atoms with Crippen LogP contribution in [-0.4, -0.2) is 25.7 Å². The van der Waals surface area contributed by atoms with E-state index < -0.39 is 12.0 Å². The monoisotopic (exact) mass is 261 g/mol. The summed E-state index contributed by atoms with van der Waals surface area (Å²) in [5.41, 5.74) is 6.65. The Kier molecular flexibility index (Phi) is 6.48. The van der Waals surface area contributed by atoms with Gasteiger partial charge in [-0.05, 0) is 30.5 Å². The van der Waals surface area contributed by atoms with E-state index in [0.717, 1.165) is 17.7 Å². The molecule has 0 heterocycles. The van der Waals surface area contributed by atoms with Gasteiger partial charge in [0.05, 0.1) is 13.7 Å². The van der Waals surface area contributed by atoms with Crippen LogP contribution in [0.3, 0.4) is 0 Å². The summed E-state index contributed by atoms with van der Waals surface area (Å²) in [5.74, 6) is 2.94. The molecular weight excluding hydrogens is 242 g/mol. The summed E-state index contributed by atoms with van der Waals surface area (Å²) in [6, 6.07) is 6.86. The fourth-order valence-electron chi connectivity index (χ4n) is 1.57. The first-order chi connectivity index (χ1) is 9.17.